The van der Waals surface area contributed by atoms with Crippen LogP contribution >= 0.6 is 22.7 Å². The summed E-state index contributed by atoms with van der Waals surface area (Å²) in [5, 5.41) is 12.7. The predicted molar refractivity (Wildman–Crippen MR) is 118 cm³/mol. The van der Waals surface area contributed by atoms with E-state index in [1.54, 1.807) is 24.4 Å². The molecule has 0 bridgehead atoms. The third-order valence-corrected chi connectivity index (χ3v) is 6.95. The van der Waals surface area contributed by atoms with Gasteiger partial charge in [0.15, 0.2) is 0 Å². The summed E-state index contributed by atoms with van der Waals surface area (Å²) in [5.74, 6) is -0.519. The highest BCUT2D eigenvalue weighted by atomic mass is 32.1. The van der Waals surface area contributed by atoms with Crippen molar-refractivity contribution in [1.82, 2.24) is 25.1 Å². The van der Waals surface area contributed by atoms with Gasteiger partial charge in [-0.05, 0) is 31.9 Å². The molecule has 3 aromatic heterocycles. The van der Waals surface area contributed by atoms with Crippen LogP contribution in [0.5, 0.6) is 0 Å². The van der Waals surface area contributed by atoms with Crippen LogP contribution in [0.15, 0.2) is 24.5 Å². The minimum absolute atomic E-state index is 0.0825. The zero-order valence-corrected chi connectivity index (χ0v) is 18.8. The average Bonchev–Trinajstić information content (AvgIpc) is 3.40. The van der Waals surface area contributed by atoms with Gasteiger partial charge >= 0.3 is 0 Å². The molecule has 162 valence electrons. The highest BCUT2D eigenvalue weighted by Crippen LogP contribution is 2.30. The van der Waals surface area contributed by atoms with Crippen molar-refractivity contribution in [3.05, 3.63) is 40.1 Å². The Morgan fingerprint density at radius 3 is 2.97 bits per heavy atom. The van der Waals surface area contributed by atoms with Crippen molar-refractivity contribution >= 4 is 39.6 Å². The Morgan fingerprint density at radius 1 is 1.32 bits per heavy atom. The first kappa shape index (κ1) is 21.5. The van der Waals surface area contributed by atoms with E-state index in [-0.39, 0.29) is 17.7 Å². The van der Waals surface area contributed by atoms with E-state index in [4.69, 9.17) is 4.74 Å². The van der Waals surface area contributed by atoms with Crippen molar-refractivity contribution in [1.29, 1.82) is 0 Å². The lowest BCUT2D eigenvalue weighted by Gasteiger charge is -2.31. The summed E-state index contributed by atoms with van der Waals surface area (Å²) in [4.78, 5) is 36.9. The van der Waals surface area contributed by atoms with Crippen LogP contribution in [-0.4, -0.2) is 57.1 Å². The first-order valence-electron chi connectivity index (χ1n) is 9.84. The Bertz CT molecular complexity index is 1070. The molecule has 0 aliphatic carbocycles. The molecule has 0 radical (unpaired) electrons. The van der Waals surface area contributed by atoms with Crippen molar-refractivity contribution in [3.63, 3.8) is 0 Å². The molecule has 1 atom stereocenters. The minimum atomic E-state index is -0.293. The van der Waals surface area contributed by atoms with Crippen LogP contribution in [0.2, 0.25) is 0 Å². The number of aryl methyl sites for hydroxylation is 1. The lowest BCUT2D eigenvalue weighted by molar-refractivity contribution is -0.121. The van der Waals surface area contributed by atoms with Crippen LogP contribution < -0.4 is 5.32 Å². The van der Waals surface area contributed by atoms with Crippen LogP contribution in [0.25, 0.3) is 10.6 Å². The summed E-state index contributed by atoms with van der Waals surface area (Å²) in [5.41, 5.74) is 1.58. The highest BCUT2D eigenvalue weighted by Gasteiger charge is 2.31. The number of carbonyl (C=O) groups excluding carboxylic acids is 2. The van der Waals surface area contributed by atoms with E-state index in [1.807, 2.05) is 19.1 Å². The molecule has 9 nitrogen and oxygen atoms in total. The first-order valence-corrected chi connectivity index (χ1v) is 11.5. The molecule has 2 amide bonds. The fraction of sp³-hybridized carbons (Fsp3) is 0.400. The third-order valence-electron chi connectivity index (χ3n) is 4.94. The number of nitrogens with zero attached hydrogens (tertiary/aromatic N) is 5. The van der Waals surface area contributed by atoms with Crippen molar-refractivity contribution < 1.29 is 14.3 Å². The van der Waals surface area contributed by atoms with Gasteiger partial charge in [0.1, 0.15) is 21.5 Å². The molecule has 0 aromatic carbocycles. The molecule has 11 heteroatoms. The lowest BCUT2D eigenvalue weighted by atomic mass is 9.97. The van der Waals surface area contributed by atoms with Crippen LogP contribution in [0.4, 0.5) is 5.13 Å². The summed E-state index contributed by atoms with van der Waals surface area (Å²) >= 11 is 2.65. The fourth-order valence-corrected chi connectivity index (χ4v) is 5.16. The number of aromatic nitrogens is 4. The van der Waals surface area contributed by atoms with Gasteiger partial charge in [-0.3, -0.25) is 14.6 Å². The monoisotopic (exact) mass is 458 g/mol. The Labute approximate surface area is 187 Å². The number of carbonyl (C=O) groups is 2. The van der Waals surface area contributed by atoms with E-state index in [0.717, 1.165) is 23.4 Å². The number of likely N-dealkylation sites (tertiary alicyclic amines) is 1. The van der Waals surface area contributed by atoms with Crippen LogP contribution in [0.1, 0.15) is 33.2 Å². The number of methoxy groups -OCH3 is 1. The molecule has 4 heterocycles. The van der Waals surface area contributed by atoms with E-state index in [0.29, 0.717) is 40.4 Å². The molecule has 1 fully saturated rings. The van der Waals surface area contributed by atoms with Gasteiger partial charge in [-0.2, -0.15) is 0 Å². The molecular formula is C20H22N6O3S2. The first-order chi connectivity index (χ1) is 15.0. The molecular weight excluding hydrogens is 436 g/mol. The van der Waals surface area contributed by atoms with Crippen molar-refractivity contribution in [3.8, 4) is 10.6 Å². The van der Waals surface area contributed by atoms with Crippen LogP contribution in [0, 0.1) is 12.8 Å². The number of nitrogens with one attached hydrogen (secondary N) is 1. The van der Waals surface area contributed by atoms with Gasteiger partial charge in [0.05, 0.1) is 11.6 Å². The number of rotatable bonds is 6. The summed E-state index contributed by atoms with van der Waals surface area (Å²) in [6, 6.07) is 3.77. The number of amides is 2. The second-order valence-corrected chi connectivity index (χ2v) is 9.25. The maximum Gasteiger partial charge on any atom is 0.265 e. The van der Waals surface area contributed by atoms with Gasteiger partial charge in [-0.15, -0.1) is 21.5 Å². The molecule has 1 saturated heterocycles. The number of piperidine rings is 1. The molecule has 0 saturated carbocycles. The zero-order chi connectivity index (χ0) is 21.8. The van der Waals surface area contributed by atoms with Crippen molar-refractivity contribution in [2.75, 3.05) is 25.5 Å². The molecule has 1 N–H and O–H groups in total. The number of thiazole rings is 1. The number of ether oxygens (including phenoxy) is 1. The Hall–Kier alpha value is -2.76. The molecule has 1 unspecified atom stereocenters. The van der Waals surface area contributed by atoms with E-state index < -0.39 is 0 Å². The Morgan fingerprint density at radius 2 is 2.19 bits per heavy atom. The third kappa shape index (κ3) is 4.94. The smallest absolute Gasteiger partial charge is 0.265 e. The molecule has 0 spiro atoms. The minimum Gasteiger partial charge on any atom is -0.377 e. The van der Waals surface area contributed by atoms with E-state index in [1.165, 1.54) is 22.7 Å². The number of pyridine rings is 1. The van der Waals surface area contributed by atoms with Gasteiger partial charge < -0.3 is 15.0 Å². The predicted octanol–water partition coefficient (Wildman–Crippen LogP) is 3.00. The molecule has 4 rings (SSSR count). The largest absolute Gasteiger partial charge is 0.377 e. The summed E-state index contributed by atoms with van der Waals surface area (Å²) in [6.45, 7) is 3.19. The standard InChI is InChI=1S/C20H22N6O3S2/c1-12-16(31-18(22-12)13-5-3-7-21-9-13)19(28)26-8-4-6-14(10-26)17(27)23-20-25-24-15(30-20)11-29-2/h3,5,7,9,14H,4,6,8,10-11H2,1-2H3,(H,23,25,27). The van der Waals surface area contributed by atoms with Gasteiger partial charge in [-0.25, -0.2) is 4.98 Å². The van der Waals surface area contributed by atoms with Gasteiger partial charge in [0.2, 0.25) is 11.0 Å². The normalized spacial score (nSPS) is 16.3. The van der Waals surface area contributed by atoms with Gasteiger partial charge in [0.25, 0.3) is 5.91 Å². The van der Waals surface area contributed by atoms with Crippen LogP contribution in [-0.2, 0) is 16.1 Å². The second kappa shape index (κ2) is 9.58. The van der Waals surface area contributed by atoms with E-state index in [2.05, 4.69) is 25.5 Å². The topological polar surface area (TPSA) is 110 Å². The Kier molecular flexibility index (Phi) is 6.64. The van der Waals surface area contributed by atoms with Crippen molar-refractivity contribution in [2.45, 2.75) is 26.4 Å². The second-order valence-electron chi connectivity index (χ2n) is 7.19. The summed E-state index contributed by atoms with van der Waals surface area (Å²) < 4.78 is 5.03. The van der Waals surface area contributed by atoms with Gasteiger partial charge in [-0.1, -0.05) is 11.3 Å². The number of anilines is 1. The SMILES string of the molecule is COCc1nnc(NC(=O)C2CCCN(C(=O)c3sc(-c4cccnc4)nc3C)C2)s1. The fourth-order valence-electron chi connectivity index (χ4n) is 3.42. The van der Waals surface area contributed by atoms with E-state index in [9.17, 15) is 9.59 Å². The number of hydrogen-bond acceptors (Lipinski definition) is 9. The zero-order valence-electron chi connectivity index (χ0n) is 17.2. The van der Waals surface area contributed by atoms with Crippen LogP contribution in [0.3, 0.4) is 0 Å². The van der Waals surface area contributed by atoms with Crippen molar-refractivity contribution in [2.24, 2.45) is 5.92 Å². The average molecular weight is 459 g/mol. The lowest BCUT2D eigenvalue weighted by Crippen LogP contribution is -2.43. The van der Waals surface area contributed by atoms with E-state index >= 15 is 0 Å². The van der Waals surface area contributed by atoms with Gasteiger partial charge in [0, 0.05) is 38.2 Å². The maximum absolute atomic E-state index is 13.2. The highest BCUT2D eigenvalue weighted by molar-refractivity contribution is 7.17. The Balaban J connectivity index is 1.42. The summed E-state index contributed by atoms with van der Waals surface area (Å²) in [7, 11) is 1.58. The summed E-state index contributed by atoms with van der Waals surface area (Å²) in [6.07, 6.45) is 4.93. The molecule has 31 heavy (non-hydrogen) atoms. The number of hydrogen-bond donors (Lipinski definition) is 1. The molecule has 1 aliphatic heterocycles. The quantitative estimate of drug-likeness (QED) is 0.604. The molecule has 3 aromatic rings. The maximum atomic E-state index is 13.2. The molecule has 1 aliphatic rings.